The second-order valence-electron chi connectivity index (χ2n) is 4.63. The summed E-state index contributed by atoms with van der Waals surface area (Å²) >= 11 is 5.13. The van der Waals surface area contributed by atoms with Crippen molar-refractivity contribution in [2.24, 2.45) is 0 Å². The SMILES string of the molecule is O=C(Nc1ccccc1)C(=S)NC1CCCCC1. The van der Waals surface area contributed by atoms with Crippen molar-refractivity contribution >= 4 is 28.8 Å². The van der Waals surface area contributed by atoms with Crippen LogP contribution in [0.2, 0.25) is 0 Å². The first-order chi connectivity index (χ1) is 8.75. The number of hydrogen-bond donors (Lipinski definition) is 2. The molecule has 1 amide bonds. The van der Waals surface area contributed by atoms with E-state index in [2.05, 4.69) is 10.6 Å². The molecule has 0 unspecified atom stereocenters. The van der Waals surface area contributed by atoms with Crippen LogP contribution in [0.3, 0.4) is 0 Å². The number of carbonyl (C=O) groups excluding carboxylic acids is 1. The van der Waals surface area contributed by atoms with Crippen molar-refractivity contribution in [2.75, 3.05) is 5.32 Å². The minimum absolute atomic E-state index is 0.221. The van der Waals surface area contributed by atoms with E-state index >= 15 is 0 Å². The predicted octanol–water partition coefficient (Wildman–Crippen LogP) is 2.87. The highest BCUT2D eigenvalue weighted by molar-refractivity contribution is 7.82. The molecule has 96 valence electrons. The Kier molecular flexibility index (Phi) is 4.70. The summed E-state index contributed by atoms with van der Waals surface area (Å²) in [5, 5.41) is 5.95. The summed E-state index contributed by atoms with van der Waals surface area (Å²) < 4.78 is 0. The minimum Gasteiger partial charge on any atom is -0.369 e. The molecule has 0 atom stereocenters. The van der Waals surface area contributed by atoms with Gasteiger partial charge in [0.15, 0.2) is 4.99 Å². The Balaban J connectivity index is 1.83. The monoisotopic (exact) mass is 262 g/mol. The molecule has 0 spiro atoms. The van der Waals surface area contributed by atoms with Gasteiger partial charge in [-0.3, -0.25) is 4.79 Å². The fourth-order valence-electron chi connectivity index (χ4n) is 2.21. The smallest absolute Gasteiger partial charge is 0.283 e. The first-order valence-corrected chi connectivity index (χ1v) is 6.83. The second-order valence-corrected chi connectivity index (χ2v) is 5.04. The van der Waals surface area contributed by atoms with Crippen molar-refractivity contribution in [2.45, 2.75) is 38.1 Å². The maximum absolute atomic E-state index is 11.9. The van der Waals surface area contributed by atoms with Crippen LogP contribution in [0.1, 0.15) is 32.1 Å². The van der Waals surface area contributed by atoms with Gasteiger partial charge in [-0.05, 0) is 25.0 Å². The minimum atomic E-state index is -0.221. The Bertz CT molecular complexity index is 413. The Morgan fingerprint density at radius 3 is 2.44 bits per heavy atom. The van der Waals surface area contributed by atoms with Gasteiger partial charge in [0.05, 0.1) is 0 Å². The van der Waals surface area contributed by atoms with Crippen LogP contribution in [-0.4, -0.2) is 16.9 Å². The van der Waals surface area contributed by atoms with Crippen LogP contribution in [0.25, 0.3) is 0 Å². The Hall–Kier alpha value is -1.42. The summed E-state index contributed by atoms with van der Waals surface area (Å²) in [5.41, 5.74) is 0.773. The maximum Gasteiger partial charge on any atom is 0.283 e. The van der Waals surface area contributed by atoms with Gasteiger partial charge >= 0.3 is 0 Å². The van der Waals surface area contributed by atoms with Crippen LogP contribution in [0.15, 0.2) is 30.3 Å². The molecular weight excluding hydrogens is 244 g/mol. The molecule has 1 aliphatic carbocycles. The highest BCUT2D eigenvalue weighted by Crippen LogP contribution is 2.17. The number of rotatable bonds is 2. The van der Waals surface area contributed by atoms with Crippen molar-refractivity contribution < 1.29 is 4.79 Å². The first-order valence-electron chi connectivity index (χ1n) is 6.42. The van der Waals surface area contributed by atoms with Crippen molar-refractivity contribution in [1.82, 2.24) is 5.32 Å². The zero-order valence-corrected chi connectivity index (χ0v) is 11.1. The van der Waals surface area contributed by atoms with Gasteiger partial charge in [-0.15, -0.1) is 0 Å². The van der Waals surface area contributed by atoms with Gasteiger partial charge < -0.3 is 10.6 Å². The zero-order valence-electron chi connectivity index (χ0n) is 10.3. The second kappa shape index (κ2) is 6.50. The largest absolute Gasteiger partial charge is 0.369 e. The van der Waals surface area contributed by atoms with Crippen LogP contribution < -0.4 is 10.6 Å². The van der Waals surface area contributed by atoms with E-state index in [1.165, 1.54) is 19.3 Å². The third-order valence-electron chi connectivity index (χ3n) is 3.18. The van der Waals surface area contributed by atoms with E-state index in [0.717, 1.165) is 18.5 Å². The fourth-order valence-corrected chi connectivity index (χ4v) is 2.42. The Labute approximate surface area is 113 Å². The molecule has 0 radical (unpaired) electrons. The molecule has 1 aromatic rings. The van der Waals surface area contributed by atoms with Crippen LogP contribution >= 0.6 is 12.2 Å². The van der Waals surface area contributed by atoms with Crippen LogP contribution in [0.4, 0.5) is 5.69 Å². The average Bonchev–Trinajstić information content (AvgIpc) is 2.41. The van der Waals surface area contributed by atoms with Gasteiger partial charge in [-0.1, -0.05) is 49.7 Å². The number of anilines is 1. The van der Waals surface area contributed by atoms with Gasteiger partial charge in [0.2, 0.25) is 0 Å². The summed E-state index contributed by atoms with van der Waals surface area (Å²) in [7, 11) is 0. The van der Waals surface area contributed by atoms with Crippen molar-refractivity contribution in [3.8, 4) is 0 Å². The highest BCUT2D eigenvalue weighted by Gasteiger charge is 2.17. The van der Waals surface area contributed by atoms with Gasteiger partial charge in [-0.2, -0.15) is 0 Å². The van der Waals surface area contributed by atoms with E-state index in [1.54, 1.807) is 0 Å². The molecule has 0 saturated heterocycles. The lowest BCUT2D eigenvalue weighted by molar-refractivity contribution is -0.110. The lowest BCUT2D eigenvalue weighted by Crippen LogP contribution is -2.41. The first kappa shape index (κ1) is 13.0. The Morgan fingerprint density at radius 1 is 1.11 bits per heavy atom. The summed E-state index contributed by atoms with van der Waals surface area (Å²) in [6.45, 7) is 0. The lowest BCUT2D eigenvalue weighted by atomic mass is 9.95. The molecule has 2 N–H and O–H groups in total. The molecule has 1 saturated carbocycles. The molecule has 1 aliphatic rings. The third kappa shape index (κ3) is 3.81. The van der Waals surface area contributed by atoms with Crippen LogP contribution in [0.5, 0.6) is 0 Å². The molecule has 0 bridgehead atoms. The summed E-state index contributed by atoms with van der Waals surface area (Å²) in [6, 6.07) is 9.74. The number of thiocarbonyl (C=S) groups is 1. The quantitative estimate of drug-likeness (QED) is 0.805. The number of amides is 1. The molecule has 1 aromatic carbocycles. The zero-order chi connectivity index (χ0) is 12.8. The van der Waals surface area contributed by atoms with E-state index in [-0.39, 0.29) is 5.91 Å². The van der Waals surface area contributed by atoms with E-state index in [9.17, 15) is 4.79 Å². The summed E-state index contributed by atoms with van der Waals surface area (Å²) in [4.78, 5) is 12.2. The number of hydrogen-bond acceptors (Lipinski definition) is 2. The molecular formula is C14H18N2OS. The van der Waals surface area contributed by atoms with E-state index in [4.69, 9.17) is 12.2 Å². The average molecular weight is 262 g/mol. The molecule has 18 heavy (non-hydrogen) atoms. The van der Waals surface area contributed by atoms with Gasteiger partial charge in [0.1, 0.15) is 0 Å². The number of nitrogens with one attached hydrogen (secondary N) is 2. The van der Waals surface area contributed by atoms with E-state index < -0.39 is 0 Å². The predicted molar refractivity (Wildman–Crippen MR) is 77.7 cm³/mol. The van der Waals surface area contributed by atoms with Gasteiger partial charge in [-0.25, -0.2) is 0 Å². The van der Waals surface area contributed by atoms with Crippen molar-refractivity contribution in [3.63, 3.8) is 0 Å². The lowest BCUT2D eigenvalue weighted by Gasteiger charge is -2.23. The number of benzene rings is 1. The maximum atomic E-state index is 11.9. The van der Waals surface area contributed by atoms with E-state index in [0.29, 0.717) is 11.0 Å². The number of carbonyl (C=O) groups is 1. The van der Waals surface area contributed by atoms with Crippen molar-refractivity contribution in [3.05, 3.63) is 30.3 Å². The number of para-hydroxylation sites is 1. The third-order valence-corrected chi connectivity index (χ3v) is 3.48. The standard InChI is InChI=1S/C14H18N2OS/c17-13(15-11-7-3-1-4-8-11)14(18)16-12-9-5-2-6-10-12/h1,3-4,7-8,12H,2,5-6,9-10H2,(H,15,17)(H,16,18). The van der Waals surface area contributed by atoms with E-state index in [1.807, 2.05) is 30.3 Å². The normalized spacial score (nSPS) is 16.0. The molecule has 3 nitrogen and oxygen atoms in total. The van der Waals surface area contributed by atoms with Crippen LogP contribution in [-0.2, 0) is 4.79 Å². The molecule has 0 aromatic heterocycles. The molecule has 2 rings (SSSR count). The van der Waals surface area contributed by atoms with Crippen molar-refractivity contribution in [1.29, 1.82) is 0 Å². The van der Waals surface area contributed by atoms with Gasteiger partial charge in [0.25, 0.3) is 5.91 Å². The van der Waals surface area contributed by atoms with Crippen LogP contribution in [0, 0.1) is 0 Å². The van der Waals surface area contributed by atoms with Gasteiger partial charge in [0, 0.05) is 11.7 Å². The summed E-state index contributed by atoms with van der Waals surface area (Å²) in [6.07, 6.45) is 5.96. The highest BCUT2D eigenvalue weighted by atomic mass is 32.1. The molecule has 4 heteroatoms. The molecule has 0 aliphatic heterocycles. The Morgan fingerprint density at radius 2 is 1.78 bits per heavy atom. The topological polar surface area (TPSA) is 41.1 Å². The fraction of sp³-hybridized carbons (Fsp3) is 0.429. The summed E-state index contributed by atoms with van der Waals surface area (Å²) in [5.74, 6) is -0.221. The molecule has 0 heterocycles. The molecule has 1 fully saturated rings.